The second-order valence-corrected chi connectivity index (χ2v) is 6.94. The lowest BCUT2D eigenvalue weighted by Gasteiger charge is -2.22. The third-order valence-electron chi connectivity index (χ3n) is 4.11. The average Bonchev–Trinajstić information content (AvgIpc) is 2.91. The van der Waals surface area contributed by atoms with Gasteiger partial charge in [0.25, 0.3) is 0 Å². The lowest BCUT2D eigenvalue weighted by atomic mass is 9.93. The van der Waals surface area contributed by atoms with E-state index in [1.165, 1.54) is 12.8 Å². The van der Waals surface area contributed by atoms with Crippen LogP contribution in [0.15, 0.2) is 10.6 Å². The van der Waals surface area contributed by atoms with Crippen molar-refractivity contribution in [3.05, 3.63) is 11.8 Å². The molecule has 1 aliphatic heterocycles. The van der Waals surface area contributed by atoms with Crippen LogP contribution in [0, 0.1) is 0 Å². The van der Waals surface area contributed by atoms with E-state index in [1.54, 1.807) is 0 Å². The molecule has 0 bridgehead atoms. The van der Waals surface area contributed by atoms with Crippen LogP contribution < -0.4 is 5.32 Å². The Hall–Kier alpha value is -1.36. The van der Waals surface area contributed by atoms with Gasteiger partial charge in [-0.3, -0.25) is 9.69 Å². The molecule has 3 rings (SSSR count). The van der Waals surface area contributed by atoms with Crippen molar-refractivity contribution in [2.75, 3.05) is 11.9 Å². The monoisotopic (exact) mass is 277 g/mol. The first-order chi connectivity index (χ1) is 9.45. The molecule has 1 aromatic heterocycles. The Morgan fingerprint density at radius 3 is 2.75 bits per heavy atom. The molecule has 0 unspecified atom stereocenters. The molecular weight excluding hydrogens is 254 g/mol. The smallest absolute Gasteiger partial charge is 0.242 e. The number of anilines is 1. The normalized spacial score (nSPS) is 24.1. The highest BCUT2D eigenvalue weighted by Crippen LogP contribution is 2.34. The fourth-order valence-electron chi connectivity index (χ4n) is 2.81. The predicted octanol–water partition coefficient (Wildman–Crippen LogP) is 2.54. The number of hydrogen-bond acceptors (Lipinski definition) is 4. The summed E-state index contributed by atoms with van der Waals surface area (Å²) in [6, 6.07) is 2.47. The second-order valence-electron chi connectivity index (χ2n) is 6.94. The zero-order chi connectivity index (χ0) is 14.3. The number of hydrogen-bond donors (Lipinski definition) is 1. The molecule has 2 aliphatic rings. The third-order valence-corrected chi connectivity index (χ3v) is 4.11. The van der Waals surface area contributed by atoms with Crippen molar-refractivity contribution < 1.29 is 9.32 Å². The van der Waals surface area contributed by atoms with Gasteiger partial charge >= 0.3 is 0 Å². The Morgan fingerprint density at radius 1 is 1.40 bits per heavy atom. The Bertz CT molecular complexity index is 499. The van der Waals surface area contributed by atoms with Gasteiger partial charge in [0.2, 0.25) is 5.91 Å². The highest BCUT2D eigenvalue weighted by Gasteiger charge is 2.40. The minimum atomic E-state index is -0.0939. The molecule has 0 spiro atoms. The molecule has 0 aromatic carbocycles. The van der Waals surface area contributed by atoms with Crippen LogP contribution in [-0.4, -0.2) is 34.6 Å². The number of nitrogens with zero attached hydrogens (tertiary/aromatic N) is 2. The lowest BCUT2D eigenvalue weighted by molar-refractivity contribution is -0.120. The standard InChI is InChI=1S/C15H23N3O2/c1-15(2,3)12-9-13(17-20-12)16-14(19)11-5-4-8-18(11)10-6-7-10/h9-11H,4-8H2,1-3H3,(H,16,17,19)/t11-/m0/s1. The van der Waals surface area contributed by atoms with E-state index in [0.29, 0.717) is 11.9 Å². The van der Waals surface area contributed by atoms with Gasteiger partial charge in [-0.2, -0.15) is 0 Å². The van der Waals surface area contributed by atoms with Gasteiger partial charge in [-0.05, 0) is 32.2 Å². The van der Waals surface area contributed by atoms with Crippen LogP contribution in [-0.2, 0) is 10.2 Å². The van der Waals surface area contributed by atoms with Gasteiger partial charge in [0.05, 0.1) is 6.04 Å². The van der Waals surface area contributed by atoms with E-state index in [1.807, 2.05) is 6.07 Å². The van der Waals surface area contributed by atoms with E-state index in [4.69, 9.17) is 4.52 Å². The first-order valence-electron chi connectivity index (χ1n) is 7.49. The number of carbonyl (C=O) groups excluding carboxylic acids is 1. The number of nitrogens with one attached hydrogen (secondary N) is 1. The van der Waals surface area contributed by atoms with Crippen molar-refractivity contribution in [3.63, 3.8) is 0 Å². The van der Waals surface area contributed by atoms with E-state index in [2.05, 4.69) is 36.1 Å². The molecule has 110 valence electrons. The van der Waals surface area contributed by atoms with Crippen LogP contribution in [0.5, 0.6) is 0 Å². The predicted molar refractivity (Wildman–Crippen MR) is 76.6 cm³/mol. The van der Waals surface area contributed by atoms with Crippen LogP contribution in [0.4, 0.5) is 5.82 Å². The van der Waals surface area contributed by atoms with Gasteiger partial charge < -0.3 is 9.84 Å². The quantitative estimate of drug-likeness (QED) is 0.922. The molecule has 1 saturated heterocycles. The number of carbonyl (C=O) groups is 1. The minimum absolute atomic E-state index is 0.0114. The van der Waals surface area contributed by atoms with E-state index < -0.39 is 0 Å². The van der Waals surface area contributed by atoms with Crippen LogP contribution >= 0.6 is 0 Å². The molecule has 1 aromatic rings. The maximum Gasteiger partial charge on any atom is 0.242 e. The van der Waals surface area contributed by atoms with Gasteiger partial charge in [-0.15, -0.1) is 0 Å². The summed E-state index contributed by atoms with van der Waals surface area (Å²) in [4.78, 5) is 14.7. The first-order valence-corrected chi connectivity index (χ1v) is 7.49. The average molecular weight is 277 g/mol. The molecule has 1 amide bonds. The maximum absolute atomic E-state index is 12.4. The van der Waals surface area contributed by atoms with Crippen LogP contribution in [0.2, 0.25) is 0 Å². The molecule has 1 N–H and O–H groups in total. The molecule has 20 heavy (non-hydrogen) atoms. The van der Waals surface area contributed by atoms with Gasteiger partial charge in [-0.25, -0.2) is 0 Å². The zero-order valence-electron chi connectivity index (χ0n) is 12.5. The summed E-state index contributed by atoms with van der Waals surface area (Å²) in [6.07, 6.45) is 4.54. The molecule has 5 heteroatoms. The fraction of sp³-hybridized carbons (Fsp3) is 0.733. The van der Waals surface area contributed by atoms with Gasteiger partial charge in [0, 0.05) is 17.5 Å². The second kappa shape index (κ2) is 4.88. The molecule has 0 radical (unpaired) electrons. The van der Waals surface area contributed by atoms with E-state index in [0.717, 1.165) is 25.1 Å². The topological polar surface area (TPSA) is 58.4 Å². The van der Waals surface area contributed by atoms with E-state index in [9.17, 15) is 4.79 Å². The van der Waals surface area contributed by atoms with Gasteiger partial charge in [0.1, 0.15) is 5.76 Å². The van der Waals surface area contributed by atoms with Gasteiger partial charge in [0.15, 0.2) is 5.82 Å². The Morgan fingerprint density at radius 2 is 2.15 bits per heavy atom. The maximum atomic E-state index is 12.4. The summed E-state index contributed by atoms with van der Waals surface area (Å²) in [5, 5.41) is 6.86. The fourth-order valence-corrected chi connectivity index (χ4v) is 2.81. The third kappa shape index (κ3) is 2.73. The number of aromatic nitrogens is 1. The number of rotatable bonds is 3. The lowest BCUT2D eigenvalue weighted by Crippen LogP contribution is -2.40. The number of likely N-dealkylation sites (tertiary alicyclic amines) is 1. The summed E-state index contributed by atoms with van der Waals surface area (Å²) < 4.78 is 5.30. The van der Waals surface area contributed by atoms with Crippen molar-refractivity contribution >= 4 is 11.7 Å². The molecule has 5 nitrogen and oxygen atoms in total. The highest BCUT2D eigenvalue weighted by molar-refractivity contribution is 5.94. The summed E-state index contributed by atoms with van der Waals surface area (Å²) >= 11 is 0. The molecular formula is C15H23N3O2. The molecule has 2 fully saturated rings. The minimum Gasteiger partial charge on any atom is -0.359 e. The van der Waals surface area contributed by atoms with Crippen LogP contribution in [0.3, 0.4) is 0 Å². The summed E-state index contributed by atoms with van der Waals surface area (Å²) in [5.74, 6) is 1.38. The number of amides is 1. The van der Waals surface area contributed by atoms with Crippen LogP contribution in [0.1, 0.15) is 52.2 Å². The van der Waals surface area contributed by atoms with Crippen molar-refractivity contribution in [2.24, 2.45) is 0 Å². The summed E-state index contributed by atoms with van der Waals surface area (Å²) in [5.41, 5.74) is -0.0939. The molecule has 1 aliphatic carbocycles. The first kappa shape index (κ1) is 13.6. The van der Waals surface area contributed by atoms with E-state index in [-0.39, 0.29) is 17.4 Å². The molecule has 2 heterocycles. The Balaban J connectivity index is 1.65. The summed E-state index contributed by atoms with van der Waals surface area (Å²) in [6.45, 7) is 7.23. The SMILES string of the molecule is CC(C)(C)c1cc(NC(=O)[C@@H]2CCCN2C2CC2)no1. The molecule has 1 saturated carbocycles. The van der Waals surface area contributed by atoms with Crippen molar-refractivity contribution in [1.82, 2.24) is 10.1 Å². The molecule has 1 atom stereocenters. The Labute approximate surface area is 119 Å². The van der Waals surface area contributed by atoms with Gasteiger partial charge in [-0.1, -0.05) is 25.9 Å². The highest BCUT2D eigenvalue weighted by atomic mass is 16.5. The van der Waals surface area contributed by atoms with Crippen LogP contribution in [0.25, 0.3) is 0 Å². The summed E-state index contributed by atoms with van der Waals surface area (Å²) in [7, 11) is 0. The van der Waals surface area contributed by atoms with E-state index >= 15 is 0 Å². The Kier molecular flexibility index (Phi) is 3.32. The largest absolute Gasteiger partial charge is 0.359 e. The van der Waals surface area contributed by atoms with Crippen molar-refractivity contribution in [1.29, 1.82) is 0 Å². The van der Waals surface area contributed by atoms with Crippen molar-refractivity contribution in [2.45, 2.75) is 64.0 Å². The zero-order valence-corrected chi connectivity index (χ0v) is 12.5. The van der Waals surface area contributed by atoms with Crippen molar-refractivity contribution in [3.8, 4) is 0 Å².